The Kier molecular flexibility index (Phi) is 3.99. The van der Waals surface area contributed by atoms with Crippen LogP contribution in [0.5, 0.6) is 0 Å². The molecular formula is C15H11IN4O3. The van der Waals surface area contributed by atoms with Gasteiger partial charge in [0.25, 0.3) is 11.6 Å². The molecule has 0 atom stereocenters. The largest absolute Gasteiger partial charge is 0.322 e. The lowest BCUT2D eigenvalue weighted by molar-refractivity contribution is -0.385. The summed E-state index contributed by atoms with van der Waals surface area (Å²) in [4.78, 5) is 27.2. The van der Waals surface area contributed by atoms with Crippen molar-refractivity contribution in [2.24, 2.45) is 0 Å². The average molecular weight is 422 g/mol. The smallest absolute Gasteiger partial charge is 0.274 e. The number of aromatic nitrogens is 2. The second-order valence-corrected chi connectivity index (χ2v) is 6.01. The van der Waals surface area contributed by atoms with E-state index in [1.807, 2.05) is 6.20 Å². The SMILES string of the molecule is Cc1ccc(NC(=O)c2cccn3c(I)cnc23)cc1[N+](=O)[O-]. The molecule has 0 aliphatic rings. The van der Waals surface area contributed by atoms with Crippen molar-refractivity contribution < 1.29 is 9.72 Å². The number of benzene rings is 1. The van der Waals surface area contributed by atoms with Gasteiger partial charge in [0.2, 0.25) is 0 Å². The molecule has 0 unspecified atom stereocenters. The van der Waals surface area contributed by atoms with E-state index in [9.17, 15) is 14.9 Å². The number of nitro groups is 1. The van der Waals surface area contributed by atoms with Crippen LogP contribution in [-0.4, -0.2) is 20.2 Å². The number of anilines is 1. The Labute approximate surface area is 144 Å². The van der Waals surface area contributed by atoms with E-state index in [1.165, 1.54) is 6.07 Å². The summed E-state index contributed by atoms with van der Waals surface area (Å²) >= 11 is 2.13. The van der Waals surface area contributed by atoms with Crippen LogP contribution in [0.25, 0.3) is 5.65 Å². The quantitative estimate of drug-likeness (QED) is 0.398. The van der Waals surface area contributed by atoms with E-state index in [4.69, 9.17) is 0 Å². The van der Waals surface area contributed by atoms with Crippen LogP contribution in [0.3, 0.4) is 0 Å². The molecule has 1 aromatic carbocycles. The molecule has 0 spiro atoms. The maximum Gasteiger partial charge on any atom is 0.274 e. The highest BCUT2D eigenvalue weighted by Crippen LogP contribution is 2.23. The second kappa shape index (κ2) is 5.95. The van der Waals surface area contributed by atoms with Crippen molar-refractivity contribution in [2.75, 3.05) is 5.32 Å². The fourth-order valence-electron chi connectivity index (χ4n) is 2.24. The molecule has 0 aliphatic carbocycles. The Bertz CT molecular complexity index is 936. The highest BCUT2D eigenvalue weighted by Gasteiger charge is 2.16. The third kappa shape index (κ3) is 2.89. The first-order valence-corrected chi connectivity index (χ1v) is 7.73. The van der Waals surface area contributed by atoms with Crippen molar-refractivity contribution in [3.05, 3.63) is 67.7 Å². The Morgan fingerprint density at radius 2 is 2.17 bits per heavy atom. The highest BCUT2D eigenvalue weighted by molar-refractivity contribution is 14.1. The third-order valence-corrected chi connectivity index (χ3v) is 4.20. The van der Waals surface area contributed by atoms with E-state index in [0.717, 1.165) is 3.70 Å². The van der Waals surface area contributed by atoms with Gasteiger partial charge < -0.3 is 5.32 Å². The average Bonchev–Trinajstić information content (AvgIpc) is 2.90. The van der Waals surface area contributed by atoms with Crippen molar-refractivity contribution >= 4 is 45.5 Å². The number of carbonyl (C=O) groups is 1. The van der Waals surface area contributed by atoms with Crippen molar-refractivity contribution in [2.45, 2.75) is 6.92 Å². The van der Waals surface area contributed by atoms with Gasteiger partial charge in [-0.2, -0.15) is 0 Å². The summed E-state index contributed by atoms with van der Waals surface area (Å²) in [6, 6.07) is 8.00. The topological polar surface area (TPSA) is 89.5 Å². The van der Waals surface area contributed by atoms with Crippen LogP contribution in [0.15, 0.2) is 42.7 Å². The minimum Gasteiger partial charge on any atom is -0.322 e. The van der Waals surface area contributed by atoms with Gasteiger partial charge in [-0.15, -0.1) is 0 Å². The first-order chi connectivity index (χ1) is 11.0. The Hall–Kier alpha value is -2.49. The van der Waals surface area contributed by atoms with Crippen molar-refractivity contribution in [1.82, 2.24) is 9.38 Å². The maximum absolute atomic E-state index is 12.5. The highest BCUT2D eigenvalue weighted by atomic mass is 127. The van der Waals surface area contributed by atoms with Crippen molar-refractivity contribution in [3.8, 4) is 0 Å². The molecule has 0 fully saturated rings. The van der Waals surface area contributed by atoms with E-state index in [1.54, 1.807) is 41.8 Å². The number of nitro benzene ring substituents is 1. The molecule has 1 N–H and O–H groups in total. The van der Waals surface area contributed by atoms with Gasteiger partial charge in [-0.3, -0.25) is 19.3 Å². The van der Waals surface area contributed by atoms with Gasteiger partial charge in [0, 0.05) is 23.5 Å². The lowest BCUT2D eigenvalue weighted by Crippen LogP contribution is -2.13. The first-order valence-electron chi connectivity index (χ1n) is 6.65. The molecule has 3 rings (SSSR count). The predicted molar refractivity (Wildman–Crippen MR) is 93.7 cm³/mol. The molecule has 7 nitrogen and oxygen atoms in total. The minimum atomic E-state index is -0.470. The number of pyridine rings is 1. The number of hydrogen-bond acceptors (Lipinski definition) is 4. The van der Waals surface area contributed by atoms with E-state index in [-0.39, 0.29) is 11.6 Å². The third-order valence-electron chi connectivity index (χ3n) is 3.40. The van der Waals surface area contributed by atoms with Crippen LogP contribution >= 0.6 is 22.6 Å². The van der Waals surface area contributed by atoms with Gasteiger partial charge in [0.05, 0.1) is 16.7 Å². The summed E-state index contributed by atoms with van der Waals surface area (Å²) in [5, 5.41) is 13.7. The minimum absolute atomic E-state index is 0.0311. The zero-order valence-corrected chi connectivity index (χ0v) is 14.1. The molecule has 1 amide bonds. The number of hydrogen-bond donors (Lipinski definition) is 1. The van der Waals surface area contributed by atoms with Gasteiger partial charge in [0.15, 0.2) is 0 Å². The second-order valence-electron chi connectivity index (χ2n) is 4.91. The number of nitrogens with zero attached hydrogens (tertiary/aromatic N) is 3. The van der Waals surface area contributed by atoms with Gasteiger partial charge in [-0.1, -0.05) is 6.07 Å². The number of carbonyl (C=O) groups excluding carboxylic acids is 1. The zero-order valence-electron chi connectivity index (χ0n) is 12.0. The van der Waals surface area contributed by atoms with Gasteiger partial charge in [-0.25, -0.2) is 4.98 Å². The molecule has 3 aromatic rings. The molecule has 0 saturated heterocycles. The van der Waals surface area contributed by atoms with Gasteiger partial charge in [0.1, 0.15) is 9.35 Å². The molecular weight excluding hydrogens is 411 g/mol. The standard InChI is InChI=1S/C15H11IN4O3/c1-9-4-5-10(7-12(9)20(22)23)18-15(21)11-3-2-6-19-13(16)8-17-14(11)19/h2-8H,1H3,(H,18,21). The van der Waals surface area contributed by atoms with E-state index < -0.39 is 4.92 Å². The van der Waals surface area contributed by atoms with E-state index >= 15 is 0 Å². The summed E-state index contributed by atoms with van der Waals surface area (Å²) in [6.45, 7) is 1.65. The lowest BCUT2D eigenvalue weighted by Gasteiger charge is -2.07. The molecule has 2 heterocycles. The Morgan fingerprint density at radius 1 is 1.39 bits per heavy atom. The molecule has 0 aliphatic heterocycles. The van der Waals surface area contributed by atoms with Crippen LogP contribution in [0.4, 0.5) is 11.4 Å². The maximum atomic E-state index is 12.5. The number of fused-ring (bicyclic) bond motifs is 1. The summed E-state index contributed by atoms with van der Waals surface area (Å²) in [5.74, 6) is -0.365. The number of rotatable bonds is 3. The van der Waals surface area contributed by atoms with Crippen LogP contribution in [0.2, 0.25) is 0 Å². The number of amides is 1. The molecule has 0 bridgehead atoms. The molecule has 23 heavy (non-hydrogen) atoms. The molecule has 0 radical (unpaired) electrons. The monoisotopic (exact) mass is 422 g/mol. The molecule has 2 aromatic heterocycles. The Balaban J connectivity index is 1.95. The molecule has 116 valence electrons. The number of imidazole rings is 1. The van der Waals surface area contributed by atoms with E-state index in [2.05, 4.69) is 32.9 Å². The number of aryl methyl sites for hydroxylation is 1. The fourth-order valence-corrected chi connectivity index (χ4v) is 2.77. The predicted octanol–water partition coefficient (Wildman–Crippen LogP) is 3.41. The fraction of sp³-hybridized carbons (Fsp3) is 0.0667. The zero-order chi connectivity index (χ0) is 16.6. The van der Waals surface area contributed by atoms with Crippen LogP contribution < -0.4 is 5.32 Å². The summed E-state index contributed by atoms with van der Waals surface area (Å²) < 4.78 is 2.69. The van der Waals surface area contributed by atoms with Crippen molar-refractivity contribution in [3.63, 3.8) is 0 Å². The van der Waals surface area contributed by atoms with Gasteiger partial charge >= 0.3 is 0 Å². The van der Waals surface area contributed by atoms with E-state index in [0.29, 0.717) is 22.5 Å². The van der Waals surface area contributed by atoms with Crippen LogP contribution in [0.1, 0.15) is 15.9 Å². The summed E-state index contributed by atoms with van der Waals surface area (Å²) in [7, 11) is 0. The van der Waals surface area contributed by atoms with Crippen LogP contribution in [0, 0.1) is 20.7 Å². The normalized spacial score (nSPS) is 10.7. The van der Waals surface area contributed by atoms with Gasteiger partial charge in [-0.05, 0) is 47.7 Å². The molecule has 8 heteroatoms. The number of halogens is 1. The molecule has 0 saturated carbocycles. The number of nitrogens with one attached hydrogen (secondary N) is 1. The Morgan fingerprint density at radius 3 is 2.91 bits per heavy atom. The summed E-state index contributed by atoms with van der Waals surface area (Å²) in [6.07, 6.45) is 3.49. The lowest BCUT2D eigenvalue weighted by atomic mass is 10.1. The van der Waals surface area contributed by atoms with Crippen LogP contribution in [-0.2, 0) is 0 Å². The summed E-state index contributed by atoms with van der Waals surface area (Å²) in [5.41, 5.74) is 1.82. The van der Waals surface area contributed by atoms with Crippen molar-refractivity contribution in [1.29, 1.82) is 0 Å². The first kappa shape index (κ1) is 15.4.